The van der Waals surface area contributed by atoms with Gasteiger partial charge in [0.15, 0.2) is 0 Å². The summed E-state index contributed by atoms with van der Waals surface area (Å²) in [5, 5.41) is 4.77. The number of halogens is 1. The van der Waals surface area contributed by atoms with Crippen molar-refractivity contribution < 1.29 is 9.32 Å². The standard InChI is InChI=1S/C20H18ClN3O2/c1-12-3-8-17(13(2)9-12)19-22-20(26-23-19)14-10-18(25)24(11-14)16-6-4-15(21)5-7-16/h3-9,14H,10-11H2,1-2H3. The van der Waals surface area contributed by atoms with Crippen LogP contribution in [0.2, 0.25) is 5.02 Å². The average molecular weight is 368 g/mol. The van der Waals surface area contributed by atoms with Crippen molar-refractivity contribution in [3.63, 3.8) is 0 Å². The molecule has 4 rings (SSSR count). The monoisotopic (exact) mass is 367 g/mol. The van der Waals surface area contributed by atoms with E-state index in [1.165, 1.54) is 5.56 Å². The molecular formula is C20H18ClN3O2. The van der Waals surface area contributed by atoms with Crippen LogP contribution >= 0.6 is 11.6 Å². The number of benzene rings is 2. The molecule has 3 aromatic rings. The number of amides is 1. The van der Waals surface area contributed by atoms with Crippen LogP contribution in [-0.2, 0) is 4.79 Å². The number of carbonyl (C=O) groups is 1. The van der Waals surface area contributed by atoms with Crippen molar-refractivity contribution in [2.75, 3.05) is 11.4 Å². The molecule has 2 aromatic carbocycles. The largest absolute Gasteiger partial charge is 0.339 e. The first-order valence-corrected chi connectivity index (χ1v) is 8.86. The lowest BCUT2D eigenvalue weighted by atomic mass is 10.1. The van der Waals surface area contributed by atoms with E-state index < -0.39 is 0 Å². The quantitative estimate of drug-likeness (QED) is 0.682. The molecule has 1 atom stereocenters. The van der Waals surface area contributed by atoms with Gasteiger partial charge in [0.2, 0.25) is 17.6 Å². The van der Waals surface area contributed by atoms with E-state index in [2.05, 4.69) is 16.2 Å². The summed E-state index contributed by atoms with van der Waals surface area (Å²) >= 11 is 5.93. The highest BCUT2D eigenvalue weighted by Gasteiger charge is 2.35. The molecule has 2 heterocycles. The molecule has 0 saturated carbocycles. The third-order valence-corrected chi connectivity index (χ3v) is 4.93. The fourth-order valence-electron chi connectivity index (χ4n) is 3.32. The van der Waals surface area contributed by atoms with Crippen molar-refractivity contribution >= 4 is 23.2 Å². The molecule has 5 nitrogen and oxygen atoms in total. The lowest BCUT2D eigenvalue weighted by Crippen LogP contribution is -2.24. The van der Waals surface area contributed by atoms with Gasteiger partial charge in [-0.15, -0.1) is 0 Å². The summed E-state index contributed by atoms with van der Waals surface area (Å²) in [5.41, 5.74) is 4.07. The first kappa shape index (κ1) is 16.8. The highest BCUT2D eigenvalue weighted by Crippen LogP contribution is 2.32. The molecule has 132 valence electrons. The Bertz CT molecular complexity index is 965. The lowest BCUT2D eigenvalue weighted by molar-refractivity contribution is -0.117. The van der Waals surface area contributed by atoms with Gasteiger partial charge in [0, 0.05) is 29.2 Å². The second-order valence-electron chi connectivity index (χ2n) is 6.66. The number of aryl methyl sites for hydroxylation is 2. The minimum atomic E-state index is -0.106. The molecule has 0 bridgehead atoms. The second kappa shape index (κ2) is 6.57. The Morgan fingerprint density at radius 2 is 1.92 bits per heavy atom. The fourth-order valence-corrected chi connectivity index (χ4v) is 3.44. The molecule has 1 unspecified atom stereocenters. The summed E-state index contributed by atoms with van der Waals surface area (Å²) in [5.74, 6) is 1.01. The van der Waals surface area contributed by atoms with Crippen LogP contribution in [0, 0.1) is 13.8 Å². The molecule has 1 aliphatic heterocycles. The normalized spacial score (nSPS) is 17.1. The number of nitrogens with zero attached hydrogens (tertiary/aromatic N) is 3. The topological polar surface area (TPSA) is 59.2 Å². The number of carbonyl (C=O) groups excluding carboxylic acids is 1. The summed E-state index contributed by atoms with van der Waals surface area (Å²) in [7, 11) is 0. The third kappa shape index (κ3) is 3.10. The van der Waals surface area contributed by atoms with Crippen molar-refractivity contribution in [2.45, 2.75) is 26.2 Å². The van der Waals surface area contributed by atoms with E-state index in [1.54, 1.807) is 17.0 Å². The maximum Gasteiger partial charge on any atom is 0.232 e. The molecule has 0 aliphatic carbocycles. The van der Waals surface area contributed by atoms with Gasteiger partial charge >= 0.3 is 0 Å². The molecule has 1 aromatic heterocycles. The van der Waals surface area contributed by atoms with Gasteiger partial charge in [0.25, 0.3) is 0 Å². The zero-order chi connectivity index (χ0) is 18.3. The van der Waals surface area contributed by atoms with Gasteiger partial charge in [-0.1, -0.05) is 40.5 Å². The number of hydrogen-bond donors (Lipinski definition) is 0. The molecule has 1 amide bonds. The van der Waals surface area contributed by atoms with Crippen molar-refractivity contribution in [2.24, 2.45) is 0 Å². The Balaban J connectivity index is 1.57. The van der Waals surface area contributed by atoms with Gasteiger partial charge in [-0.2, -0.15) is 4.98 Å². The van der Waals surface area contributed by atoms with Gasteiger partial charge in [-0.25, -0.2) is 0 Å². The highest BCUT2D eigenvalue weighted by molar-refractivity contribution is 6.30. The van der Waals surface area contributed by atoms with E-state index in [9.17, 15) is 4.79 Å². The highest BCUT2D eigenvalue weighted by atomic mass is 35.5. The zero-order valence-electron chi connectivity index (χ0n) is 14.6. The van der Waals surface area contributed by atoms with Crippen molar-refractivity contribution in [1.82, 2.24) is 10.1 Å². The summed E-state index contributed by atoms with van der Waals surface area (Å²) in [6.45, 7) is 4.60. The molecule has 6 heteroatoms. The molecule has 0 radical (unpaired) electrons. The molecular weight excluding hydrogens is 350 g/mol. The minimum Gasteiger partial charge on any atom is -0.339 e. The van der Waals surface area contributed by atoms with Gasteiger partial charge < -0.3 is 9.42 Å². The molecule has 0 spiro atoms. The Labute approximate surface area is 156 Å². The lowest BCUT2D eigenvalue weighted by Gasteiger charge is -2.15. The Kier molecular flexibility index (Phi) is 4.24. The van der Waals surface area contributed by atoms with Gasteiger partial charge in [0.05, 0.1) is 5.92 Å². The van der Waals surface area contributed by atoms with E-state index in [-0.39, 0.29) is 11.8 Å². The van der Waals surface area contributed by atoms with Crippen LogP contribution < -0.4 is 4.90 Å². The average Bonchev–Trinajstić information content (AvgIpc) is 3.23. The zero-order valence-corrected chi connectivity index (χ0v) is 15.3. The predicted octanol–water partition coefficient (Wildman–Crippen LogP) is 4.53. The van der Waals surface area contributed by atoms with Crippen LogP contribution in [0.25, 0.3) is 11.4 Å². The van der Waals surface area contributed by atoms with Gasteiger partial charge in [-0.05, 0) is 43.7 Å². The molecule has 1 fully saturated rings. The smallest absolute Gasteiger partial charge is 0.232 e. The first-order chi connectivity index (χ1) is 12.5. The molecule has 0 N–H and O–H groups in total. The second-order valence-corrected chi connectivity index (χ2v) is 7.09. The number of hydrogen-bond acceptors (Lipinski definition) is 4. The van der Waals surface area contributed by atoms with Crippen molar-refractivity contribution in [3.05, 3.63) is 64.5 Å². The van der Waals surface area contributed by atoms with Crippen molar-refractivity contribution in [3.8, 4) is 11.4 Å². The van der Waals surface area contributed by atoms with Crippen LogP contribution in [0.15, 0.2) is 47.0 Å². The van der Waals surface area contributed by atoms with Crippen molar-refractivity contribution in [1.29, 1.82) is 0 Å². The third-order valence-electron chi connectivity index (χ3n) is 4.68. The van der Waals surface area contributed by atoms with E-state index >= 15 is 0 Å². The van der Waals surface area contributed by atoms with Crippen LogP contribution in [0.5, 0.6) is 0 Å². The molecule has 1 saturated heterocycles. The van der Waals surface area contributed by atoms with E-state index in [0.29, 0.717) is 29.7 Å². The Morgan fingerprint density at radius 1 is 1.15 bits per heavy atom. The van der Waals surface area contributed by atoms with E-state index in [4.69, 9.17) is 16.1 Å². The van der Waals surface area contributed by atoms with Gasteiger partial charge in [0.1, 0.15) is 0 Å². The maximum atomic E-state index is 12.4. The van der Waals surface area contributed by atoms with E-state index in [1.807, 2.05) is 38.1 Å². The van der Waals surface area contributed by atoms with Crippen LogP contribution in [0.4, 0.5) is 5.69 Å². The fraction of sp³-hybridized carbons (Fsp3) is 0.250. The van der Waals surface area contributed by atoms with Gasteiger partial charge in [-0.3, -0.25) is 4.79 Å². The Morgan fingerprint density at radius 3 is 2.65 bits per heavy atom. The summed E-state index contributed by atoms with van der Waals surface area (Å²) in [6, 6.07) is 13.4. The summed E-state index contributed by atoms with van der Waals surface area (Å²) in [6.07, 6.45) is 0.358. The van der Waals surface area contributed by atoms with Crippen LogP contribution in [0.1, 0.15) is 29.4 Å². The maximum absolute atomic E-state index is 12.4. The summed E-state index contributed by atoms with van der Waals surface area (Å²) < 4.78 is 5.48. The van der Waals surface area contributed by atoms with E-state index in [0.717, 1.165) is 16.8 Å². The predicted molar refractivity (Wildman–Crippen MR) is 100 cm³/mol. The Hall–Kier alpha value is -2.66. The number of aromatic nitrogens is 2. The van der Waals surface area contributed by atoms with Crippen LogP contribution in [0.3, 0.4) is 0 Å². The first-order valence-electron chi connectivity index (χ1n) is 8.48. The summed E-state index contributed by atoms with van der Waals surface area (Å²) in [4.78, 5) is 18.7. The molecule has 1 aliphatic rings. The van der Waals surface area contributed by atoms with Crippen LogP contribution in [-0.4, -0.2) is 22.6 Å². The SMILES string of the molecule is Cc1ccc(-c2noc(C3CC(=O)N(c4ccc(Cl)cc4)C3)n2)c(C)c1. The minimum absolute atomic E-state index is 0.0450. The number of anilines is 1. The molecule has 26 heavy (non-hydrogen) atoms. The number of rotatable bonds is 3.